The molecule has 1 fully saturated rings. The van der Waals surface area contributed by atoms with Crippen molar-refractivity contribution in [3.05, 3.63) is 111 Å². The number of rotatable bonds is 11. The summed E-state index contributed by atoms with van der Waals surface area (Å²) in [5, 5.41) is 12.2. The summed E-state index contributed by atoms with van der Waals surface area (Å²) >= 11 is 0. The number of aromatic nitrogens is 2. The molecule has 0 saturated carbocycles. The highest BCUT2D eigenvalue weighted by atomic mass is 31.1. The molecule has 0 bridgehead atoms. The van der Waals surface area contributed by atoms with Gasteiger partial charge in [-0.25, -0.2) is 9.18 Å². The lowest BCUT2D eigenvalue weighted by molar-refractivity contribution is -0.156. The molecule has 1 aliphatic heterocycles. The van der Waals surface area contributed by atoms with Crippen LogP contribution >= 0.6 is 8.18 Å². The number of ether oxygens (including phenoxy) is 2. The summed E-state index contributed by atoms with van der Waals surface area (Å²) in [5.74, 6) is -0.476. The molecule has 1 aliphatic rings. The smallest absolute Gasteiger partial charge is 0.459 e. The number of halogens is 1. The van der Waals surface area contributed by atoms with Crippen molar-refractivity contribution in [3.8, 4) is 5.75 Å². The number of nitrogens with zero attached hydrogens (tertiary/aromatic N) is 2. The Bertz CT molecular complexity index is 1760. The molecule has 4 aromatic rings. The number of carbonyl (C=O) groups is 1. The number of aliphatic hydroxyl groups excluding tert-OH is 1. The third-order valence-electron chi connectivity index (χ3n) is 7.17. The number of hydrogen-bond donors (Lipinski definition) is 2. The number of carbonyl (C=O) groups excluding carboxylic acids is 1. The third-order valence-corrected chi connectivity index (χ3v) is 8.29. The van der Waals surface area contributed by atoms with E-state index in [4.69, 9.17) is 18.8 Å². The van der Waals surface area contributed by atoms with Crippen molar-refractivity contribution in [3.63, 3.8) is 0 Å². The Morgan fingerprint density at radius 2 is 1.82 bits per heavy atom. The molecule has 5 rings (SSSR count). The molecule has 230 valence electrons. The molecule has 2 heterocycles. The number of hydrogen-bond acceptors (Lipinski definition) is 9. The summed E-state index contributed by atoms with van der Waals surface area (Å²) in [6, 6.07) is 21.3. The fraction of sp³-hybridized carbons (Fsp3) is 0.300. The largest absolute Gasteiger partial charge is 0.653 e. The highest BCUT2D eigenvalue weighted by molar-refractivity contribution is 7.36. The molecule has 3 aromatic carbocycles. The molecule has 2 unspecified atom stereocenters. The molecule has 6 atom stereocenters. The molecule has 1 saturated heterocycles. The van der Waals surface area contributed by atoms with Crippen LogP contribution in [0.5, 0.6) is 5.75 Å². The van der Waals surface area contributed by atoms with E-state index >= 15 is 4.39 Å². The van der Waals surface area contributed by atoms with Gasteiger partial charge in [-0.15, -0.1) is 4.52 Å². The van der Waals surface area contributed by atoms with Crippen molar-refractivity contribution in [2.75, 3.05) is 6.61 Å². The van der Waals surface area contributed by atoms with E-state index in [0.29, 0.717) is 5.39 Å². The van der Waals surface area contributed by atoms with Crippen LogP contribution in [0.25, 0.3) is 10.8 Å². The SMILES string of the molecule is CC(C(=O)OCc1ccccc1)N(Oc1cccc2ccccc12)[P+](=O)OC[C@H]1O[C@@H](n2ccc(=O)[nH]c2=O)[C@](C)(F)[C@@H]1O. The zero-order valence-electron chi connectivity index (χ0n) is 23.7. The van der Waals surface area contributed by atoms with Crippen molar-refractivity contribution in [2.45, 2.75) is 50.6 Å². The van der Waals surface area contributed by atoms with E-state index in [0.717, 1.165) is 39.5 Å². The number of alkyl halides is 1. The Morgan fingerprint density at radius 1 is 1.11 bits per heavy atom. The number of aromatic amines is 1. The second-order valence-electron chi connectivity index (χ2n) is 10.3. The van der Waals surface area contributed by atoms with Crippen molar-refractivity contribution in [1.82, 2.24) is 14.4 Å². The highest BCUT2D eigenvalue weighted by Gasteiger charge is 2.56. The zero-order chi connectivity index (χ0) is 31.4. The van der Waals surface area contributed by atoms with Crippen molar-refractivity contribution in [1.29, 1.82) is 0 Å². The van der Waals surface area contributed by atoms with E-state index in [9.17, 15) is 24.1 Å². The molecule has 12 nitrogen and oxygen atoms in total. The van der Waals surface area contributed by atoms with Gasteiger partial charge in [-0.2, -0.15) is 0 Å². The van der Waals surface area contributed by atoms with E-state index < -0.39 is 62.2 Å². The van der Waals surface area contributed by atoms with E-state index in [1.165, 1.54) is 6.92 Å². The maximum Gasteiger partial charge on any atom is 0.653 e. The summed E-state index contributed by atoms with van der Waals surface area (Å²) in [5.41, 5.74) is -3.38. The summed E-state index contributed by atoms with van der Waals surface area (Å²) in [6.07, 6.45) is -3.77. The van der Waals surface area contributed by atoms with Crippen LogP contribution in [0.15, 0.2) is 94.6 Å². The molecule has 2 N–H and O–H groups in total. The normalized spacial score (nSPS) is 22.6. The third kappa shape index (κ3) is 6.62. The topological polar surface area (TPSA) is 149 Å². The van der Waals surface area contributed by atoms with Gasteiger partial charge in [-0.3, -0.25) is 19.1 Å². The Hall–Kier alpha value is -4.26. The first kappa shape index (κ1) is 31.2. The number of fused-ring (bicyclic) bond motifs is 1. The van der Waals surface area contributed by atoms with Crippen LogP contribution in [-0.4, -0.2) is 56.0 Å². The molecule has 44 heavy (non-hydrogen) atoms. The number of H-pyrrole nitrogens is 1. The van der Waals surface area contributed by atoms with Gasteiger partial charge in [0.15, 0.2) is 23.7 Å². The van der Waals surface area contributed by atoms with Gasteiger partial charge in [0.25, 0.3) is 5.56 Å². The van der Waals surface area contributed by atoms with E-state index in [1.54, 1.807) is 48.5 Å². The molecule has 0 amide bonds. The summed E-state index contributed by atoms with van der Waals surface area (Å²) < 4.78 is 46.5. The number of esters is 1. The Balaban J connectivity index is 1.34. The lowest BCUT2D eigenvalue weighted by Gasteiger charge is -2.24. The van der Waals surface area contributed by atoms with E-state index in [-0.39, 0.29) is 12.4 Å². The van der Waals surface area contributed by atoms with Gasteiger partial charge in [0.05, 0.1) is 0 Å². The second-order valence-corrected chi connectivity index (χ2v) is 11.4. The first-order valence-electron chi connectivity index (χ1n) is 13.7. The minimum atomic E-state index is -2.97. The van der Waals surface area contributed by atoms with Crippen molar-refractivity contribution >= 4 is 24.9 Å². The first-order chi connectivity index (χ1) is 21.1. The minimum absolute atomic E-state index is 0.0353. The van der Waals surface area contributed by atoms with Crippen LogP contribution in [0.2, 0.25) is 0 Å². The predicted molar refractivity (Wildman–Crippen MR) is 156 cm³/mol. The fourth-order valence-corrected chi connectivity index (χ4v) is 5.65. The predicted octanol–water partition coefficient (Wildman–Crippen LogP) is 3.78. The average Bonchev–Trinajstić information content (AvgIpc) is 3.24. The second kappa shape index (κ2) is 13.2. The van der Waals surface area contributed by atoms with Crippen molar-refractivity contribution < 1.29 is 37.7 Å². The van der Waals surface area contributed by atoms with Gasteiger partial charge in [0, 0.05) is 17.6 Å². The fourth-order valence-electron chi connectivity index (χ4n) is 4.73. The summed E-state index contributed by atoms with van der Waals surface area (Å²) in [6.45, 7) is 1.81. The van der Waals surface area contributed by atoms with Gasteiger partial charge in [0.2, 0.25) is 0 Å². The van der Waals surface area contributed by atoms with Crippen LogP contribution in [0.3, 0.4) is 0 Å². The maximum absolute atomic E-state index is 15.6. The lowest BCUT2D eigenvalue weighted by atomic mass is 9.98. The standard InChI is InChI=1S/C30H29FN3O9P/c1-19(27(37)40-17-20-9-4-3-5-10-20)34(43-23-14-8-12-21-11-6-7-13-22(21)23)44(39)41-18-24-26(36)30(2,31)28(42-24)33-16-15-25(35)32-29(33)38/h3-16,19,24,26,28,36H,17-18H2,1-2H3/p+1/t19?,24-,26-,28-,30-/m1/s1. The Kier molecular flexibility index (Phi) is 9.33. The van der Waals surface area contributed by atoms with Gasteiger partial charge >= 0.3 is 19.8 Å². The highest BCUT2D eigenvalue weighted by Crippen LogP contribution is 2.42. The van der Waals surface area contributed by atoms with Crippen LogP contribution in [0.4, 0.5) is 4.39 Å². The Morgan fingerprint density at radius 3 is 2.57 bits per heavy atom. The quantitative estimate of drug-likeness (QED) is 0.143. The van der Waals surface area contributed by atoms with Crippen LogP contribution in [-0.2, 0) is 30.0 Å². The molecule has 14 heteroatoms. The molecule has 0 aliphatic carbocycles. The van der Waals surface area contributed by atoms with Gasteiger partial charge < -0.3 is 19.4 Å². The molecular formula is C30H30FN3O9P+. The lowest BCUT2D eigenvalue weighted by Crippen LogP contribution is -2.43. The van der Waals surface area contributed by atoms with Crippen LogP contribution in [0, 0.1) is 0 Å². The number of aliphatic hydroxyl groups is 1. The van der Waals surface area contributed by atoms with Gasteiger partial charge in [-0.1, -0.05) is 66.7 Å². The van der Waals surface area contributed by atoms with Crippen LogP contribution in [0.1, 0.15) is 25.6 Å². The van der Waals surface area contributed by atoms with Gasteiger partial charge in [-0.05, 0) is 35.4 Å². The van der Waals surface area contributed by atoms with E-state index in [1.807, 2.05) is 29.2 Å². The molecule has 0 radical (unpaired) electrons. The number of hydroxylamine groups is 1. The average molecular weight is 627 g/mol. The minimum Gasteiger partial charge on any atom is -0.459 e. The maximum atomic E-state index is 15.6. The monoisotopic (exact) mass is 626 g/mol. The first-order valence-corrected chi connectivity index (χ1v) is 14.8. The number of benzene rings is 3. The molecule has 0 spiro atoms. The Labute approximate surface area is 251 Å². The molecular weight excluding hydrogens is 596 g/mol. The number of nitrogens with one attached hydrogen (secondary N) is 1. The summed E-state index contributed by atoms with van der Waals surface area (Å²) in [4.78, 5) is 45.6. The van der Waals surface area contributed by atoms with Crippen molar-refractivity contribution in [2.24, 2.45) is 0 Å². The zero-order valence-corrected chi connectivity index (χ0v) is 24.6. The molecule has 1 aromatic heterocycles. The summed E-state index contributed by atoms with van der Waals surface area (Å²) in [7, 11) is -2.97. The van der Waals surface area contributed by atoms with Gasteiger partial charge in [0.1, 0.15) is 30.3 Å². The van der Waals surface area contributed by atoms with E-state index in [2.05, 4.69) is 0 Å². The van der Waals surface area contributed by atoms with Crippen LogP contribution < -0.4 is 16.1 Å².